The molecule has 0 fully saturated rings. The number of hydrogen-bond acceptors (Lipinski definition) is 1. The van der Waals surface area contributed by atoms with Crippen LogP contribution in [0.15, 0.2) is 22.7 Å². The number of nitrogens with zero attached hydrogens (tertiary/aromatic N) is 1. The van der Waals surface area contributed by atoms with Crippen LogP contribution in [-0.2, 0) is 0 Å². The number of amides is 1. The van der Waals surface area contributed by atoms with Crippen LogP contribution in [0.3, 0.4) is 0 Å². The first-order valence-electron chi connectivity index (χ1n) is 5.60. The Bertz CT molecular complexity index is 404. The van der Waals surface area contributed by atoms with Crippen LogP contribution in [0.5, 0.6) is 0 Å². The lowest BCUT2D eigenvalue weighted by Gasteiger charge is -2.26. The van der Waals surface area contributed by atoms with Crippen molar-refractivity contribution in [3.05, 3.63) is 33.8 Å². The van der Waals surface area contributed by atoms with E-state index in [1.165, 1.54) is 0 Å². The van der Waals surface area contributed by atoms with Crippen molar-refractivity contribution in [1.29, 1.82) is 0 Å². The summed E-state index contributed by atoms with van der Waals surface area (Å²) in [6, 6.07) is 6.01. The van der Waals surface area contributed by atoms with Crippen molar-refractivity contribution < 1.29 is 4.79 Å². The van der Waals surface area contributed by atoms with Gasteiger partial charge in [-0.05, 0) is 38.5 Å². The van der Waals surface area contributed by atoms with E-state index in [4.69, 9.17) is 0 Å². The van der Waals surface area contributed by atoms with E-state index in [9.17, 15) is 4.79 Å². The van der Waals surface area contributed by atoms with Crippen molar-refractivity contribution >= 4 is 37.8 Å². The van der Waals surface area contributed by atoms with Crippen LogP contribution in [-0.4, -0.2) is 28.7 Å². The van der Waals surface area contributed by atoms with Crippen LogP contribution in [0.2, 0.25) is 0 Å². The Morgan fingerprint density at radius 2 is 2.06 bits per heavy atom. The highest BCUT2D eigenvalue weighted by atomic mass is 79.9. The van der Waals surface area contributed by atoms with Gasteiger partial charge in [0.05, 0.1) is 0 Å². The summed E-state index contributed by atoms with van der Waals surface area (Å²) in [5, 5.41) is 0.796. The molecule has 94 valence electrons. The Kier molecular flexibility index (Phi) is 5.67. The molecule has 0 saturated heterocycles. The molecule has 17 heavy (non-hydrogen) atoms. The van der Waals surface area contributed by atoms with Crippen molar-refractivity contribution in [2.45, 2.75) is 26.8 Å². The monoisotopic (exact) mass is 361 g/mol. The molecule has 0 saturated carbocycles. The average molecular weight is 363 g/mol. The molecule has 0 N–H and O–H groups in total. The first kappa shape index (κ1) is 14.7. The van der Waals surface area contributed by atoms with Gasteiger partial charge in [-0.2, -0.15) is 0 Å². The molecule has 0 heterocycles. The maximum atomic E-state index is 12.4. The predicted molar refractivity (Wildman–Crippen MR) is 78.8 cm³/mol. The fourth-order valence-electron chi connectivity index (χ4n) is 1.66. The summed E-state index contributed by atoms with van der Waals surface area (Å²) in [4.78, 5) is 14.3. The largest absolute Gasteiger partial charge is 0.335 e. The first-order valence-corrected chi connectivity index (χ1v) is 7.52. The Morgan fingerprint density at radius 3 is 2.59 bits per heavy atom. The summed E-state index contributed by atoms with van der Waals surface area (Å²) in [6.07, 6.45) is 0. The highest BCUT2D eigenvalue weighted by Crippen LogP contribution is 2.18. The van der Waals surface area contributed by atoms with Gasteiger partial charge in [0, 0.05) is 28.0 Å². The minimum atomic E-state index is 0.0956. The Hall–Kier alpha value is -0.350. The second-order valence-corrected chi connectivity index (χ2v) is 5.95. The van der Waals surface area contributed by atoms with Crippen molar-refractivity contribution in [3.8, 4) is 0 Å². The summed E-state index contributed by atoms with van der Waals surface area (Å²) in [5.74, 6) is 0.0956. The quantitative estimate of drug-likeness (QED) is 0.741. The lowest BCUT2D eigenvalue weighted by Crippen LogP contribution is -2.38. The van der Waals surface area contributed by atoms with Gasteiger partial charge in [0.2, 0.25) is 0 Å². The third-order valence-electron chi connectivity index (χ3n) is 2.64. The standard InChI is InChI=1S/C13H17Br2NO/c1-9(2)16(7-6-14)13(17)12-8-11(15)5-4-10(12)3/h4-5,8-9H,6-7H2,1-3H3. The molecule has 0 radical (unpaired) electrons. The number of halogens is 2. The maximum absolute atomic E-state index is 12.4. The molecule has 1 rings (SSSR count). The third kappa shape index (κ3) is 3.81. The molecule has 0 aliphatic carbocycles. The van der Waals surface area contributed by atoms with E-state index in [1.807, 2.05) is 43.9 Å². The molecule has 0 atom stereocenters. The molecular weight excluding hydrogens is 346 g/mol. The number of alkyl halides is 1. The van der Waals surface area contributed by atoms with Crippen LogP contribution in [0, 0.1) is 6.92 Å². The lowest BCUT2D eigenvalue weighted by molar-refractivity contribution is 0.0718. The minimum absolute atomic E-state index is 0.0956. The van der Waals surface area contributed by atoms with E-state index in [0.29, 0.717) is 0 Å². The van der Waals surface area contributed by atoms with Gasteiger partial charge >= 0.3 is 0 Å². The molecule has 1 aromatic carbocycles. The summed E-state index contributed by atoms with van der Waals surface area (Å²) < 4.78 is 0.939. The average Bonchev–Trinajstić information content (AvgIpc) is 2.28. The molecule has 0 aromatic heterocycles. The molecule has 1 amide bonds. The smallest absolute Gasteiger partial charge is 0.254 e. The number of carbonyl (C=O) groups excluding carboxylic acids is 1. The normalized spacial score (nSPS) is 10.7. The number of carbonyl (C=O) groups is 1. The molecule has 0 bridgehead atoms. The van der Waals surface area contributed by atoms with E-state index in [-0.39, 0.29) is 11.9 Å². The van der Waals surface area contributed by atoms with Gasteiger partial charge in [0.15, 0.2) is 0 Å². The maximum Gasteiger partial charge on any atom is 0.254 e. The fraction of sp³-hybridized carbons (Fsp3) is 0.462. The second kappa shape index (κ2) is 6.55. The van der Waals surface area contributed by atoms with Crippen LogP contribution in [0.25, 0.3) is 0 Å². The SMILES string of the molecule is Cc1ccc(Br)cc1C(=O)N(CCBr)C(C)C. The highest BCUT2D eigenvalue weighted by Gasteiger charge is 2.19. The van der Waals surface area contributed by atoms with Crippen LogP contribution in [0.4, 0.5) is 0 Å². The number of rotatable bonds is 4. The summed E-state index contributed by atoms with van der Waals surface area (Å²) in [7, 11) is 0. The number of aryl methyl sites for hydroxylation is 1. The molecule has 1 aromatic rings. The molecule has 2 nitrogen and oxygen atoms in total. The van der Waals surface area contributed by atoms with Gasteiger partial charge in [-0.1, -0.05) is 37.9 Å². The zero-order valence-electron chi connectivity index (χ0n) is 10.3. The van der Waals surface area contributed by atoms with Crippen LogP contribution in [0.1, 0.15) is 29.8 Å². The van der Waals surface area contributed by atoms with Crippen molar-refractivity contribution in [2.75, 3.05) is 11.9 Å². The van der Waals surface area contributed by atoms with Crippen LogP contribution < -0.4 is 0 Å². The van der Waals surface area contributed by atoms with Gasteiger partial charge in [0.25, 0.3) is 5.91 Å². The van der Waals surface area contributed by atoms with E-state index in [1.54, 1.807) is 0 Å². The van der Waals surface area contributed by atoms with Gasteiger partial charge in [0.1, 0.15) is 0 Å². The third-order valence-corrected chi connectivity index (χ3v) is 3.49. The van der Waals surface area contributed by atoms with Crippen molar-refractivity contribution in [3.63, 3.8) is 0 Å². The minimum Gasteiger partial charge on any atom is -0.335 e. The summed E-state index contributed by atoms with van der Waals surface area (Å²) in [6.45, 7) is 6.76. The molecule has 0 aliphatic heterocycles. The van der Waals surface area contributed by atoms with E-state index >= 15 is 0 Å². The Morgan fingerprint density at radius 1 is 1.41 bits per heavy atom. The fourth-order valence-corrected chi connectivity index (χ4v) is 2.41. The lowest BCUT2D eigenvalue weighted by atomic mass is 10.1. The number of hydrogen-bond donors (Lipinski definition) is 0. The molecule has 0 unspecified atom stereocenters. The van der Waals surface area contributed by atoms with E-state index in [2.05, 4.69) is 31.9 Å². The van der Waals surface area contributed by atoms with Gasteiger partial charge in [-0.3, -0.25) is 4.79 Å². The molecule has 0 aliphatic rings. The topological polar surface area (TPSA) is 20.3 Å². The van der Waals surface area contributed by atoms with Crippen LogP contribution >= 0.6 is 31.9 Å². The van der Waals surface area contributed by atoms with Gasteiger partial charge in [-0.25, -0.2) is 0 Å². The summed E-state index contributed by atoms with van der Waals surface area (Å²) >= 11 is 6.80. The zero-order chi connectivity index (χ0) is 13.0. The predicted octanol–water partition coefficient (Wildman–Crippen LogP) is 4.00. The molecule has 0 spiro atoms. The Labute approximate surface area is 120 Å². The molecular formula is C13H17Br2NO. The zero-order valence-corrected chi connectivity index (χ0v) is 13.5. The summed E-state index contributed by atoms with van der Waals surface area (Å²) in [5.41, 5.74) is 1.78. The highest BCUT2D eigenvalue weighted by molar-refractivity contribution is 9.10. The first-order chi connectivity index (χ1) is 7.97. The van der Waals surface area contributed by atoms with Gasteiger partial charge in [-0.15, -0.1) is 0 Å². The van der Waals surface area contributed by atoms with Crippen molar-refractivity contribution in [1.82, 2.24) is 4.90 Å². The Balaban J connectivity index is 3.04. The van der Waals surface area contributed by atoms with Crippen molar-refractivity contribution in [2.24, 2.45) is 0 Å². The second-order valence-electron chi connectivity index (χ2n) is 4.24. The number of benzene rings is 1. The van der Waals surface area contributed by atoms with E-state index < -0.39 is 0 Å². The van der Waals surface area contributed by atoms with E-state index in [0.717, 1.165) is 27.5 Å². The van der Waals surface area contributed by atoms with Gasteiger partial charge < -0.3 is 4.90 Å². The molecule has 4 heteroatoms.